The third kappa shape index (κ3) is 3.39. The Kier molecular flexibility index (Phi) is 5.13. The van der Waals surface area contributed by atoms with Crippen LogP contribution in [0.15, 0.2) is 35.0 Å². The van der Waals surface area contributed by atoms with Gasteiger partial charge in [0.1, 0.15) is 0 Å². The Bertz CT molecular complexity index is 241. The van der Waals surface area contributed by atoms with Gasteiger partial charge < -0.3 is 5.32 Å². The zero-order chi connectivity index (χ0) is 9.56. The Balaban J connectivity index is 4.77. The maximum absolute atomic E-state index is 10.5. The van der Waals surface area contributed by atoms with Crippen molar-refractivity contribution < 1.29 is 4.79 Å². The standard InChI is InChI=1S/C9H12ClNO/c1-4-8(6-12)9(11-3)5-7(2)10/h4-6,11H,2H2,1,3H3/b8-4?,9-5+. The minimum atomic E-state index is 0.389. The van der Waals surface area contributed by atoms with Crippen LogP contribution in [0, 0.1) is 0 Å². The second-order valence-corrected chi connectivity index (χ2v) is 2.60. The fourth-order valence-corrected chi connectivity index (χ4v) is 0.853. The molecule has 0 radical (unpaired) electrons. The number of halogens is 1. The van der Waals surface area contributed by atoms with Crippen LogP contribution in [0.1, 0.15) is 6.92 Å². The summed E-state index contributed by atoms with van der Waals surface area (Å²) in [6.07, 6.45) is 4.07. The van der Waals surface area contributed by atoms with Crippen molar-refractivity contribution in [3.8, 4) is 0 Å². The largest absolute Gasteiger partial charge is 0.388 e. The third-order valence-electron chi connectivity index (χ3n) is 1.32. The van der Waals surface area contributed by atoms with E-state index < -0.39 is 0 Å². The molecule has 0 heterocycles. The number of rotatable bonds is 4. The van der Waals surface area contributed by atoms with Gasteiger partial charge in [0.2, 0.25) is 0 Å². The molecule has 0 saturated carbocycles. The number of carbonyl (C=O) groups is 1. The maximum atomic E-state index is 10.5. The molecule has 0 fully saturated rings. The van der Waals surface area contributed by atoms with E-state index in [1.54, 1.807) is 26.1 Å². The van der Waals surface area contributed by atoms with E-state index in [0.29, 0.717) is 16.3 Å². The topological polar surface area (TPSA) is 29.1 Å². The lowest BCUT2D eigenvalue weighted by atomic mass is 10.2. The molecule has 0 unspecified atom stereocenters. The van der Waals surface area contributed by atoms with E-state index in [4.69, 9.17) is 11.6 Å². The van der Waals surface area contributed by atoms with Crippen molar-refractivity contribution in [3.63, 3.8) is 0 Å². The minimum Gasteiger partial charge on any atom is -0.388 e. The van der Waals surface area contributed by atoms with Crippen LogP contribution in [0.25, 0.3) is 0 Å². The second kappa shape index (κ2) is 5.61. The zero-order valence-corrected chi connectivity index (χ0v) is 7.98. The highest BCUT2D eigenvalue weighted by atomic mass is 35.5. The van der Waals surface area contributed by atoms with Gasteiger partial charge in [-0.15, -0.1) is 0 Å². The third-order valence-corrected chi connectivity index (χ3v) is 1.43. The van der Waals surface area contributed by atoms with Gasteiger partial charge in [0, 0.05) is 23.4 Å². The normalized spacial score (nSPS) is 12.6. The van der Waals surface area contributed by atoms with Crippen LogP contribution in [0.5, 0.6) is 0 Å². The molecule has 0 amide bonds. The van der Waals surface area contributed by atoms with Gasteiger partial charge in [-0.2, -0.15) is 0 Å². The first-order chi connectivity index (χ1) is 5.65. The van der Waals surface area contributed by atoms with E-state index in [-0.39, 0.29) is 0 Å². The summed E-state index contributed by atoms with van der Waals surface area (Å²) in [5.41, 5.74) is 1.24. The van der Waals surface area contributed by atoms with Gasteiger partial charge in [-0.3, -0.25) is 4.79 Å². The zero-order valence-electron chi connectivity index (χ0n) is 7.23. The van der Waals surface area contributed by atoms with E-state index in [1.165, 1.54) is 0 Å². The molecule has 0 rings (SSSR count). The van der Waals surface area contributed by atoms with E-state index in [2.05, 4.69) is 11.9 Å². The highest BCUT2D eigenvalue weighted by Gasteiger charge is 1.99. The molecule has 0 aliphatic rings. The summed E-state index contributed by atoms with van der Waals surface area (Å²) in [4.78, 5) is 10.5. The fourth-order valence-electron chi connectivity index (χ4n) is 0.743. The number of hydrogen-bond donors (Lipinski definition) is 1. The predicted molar refractivity (Wildman–Crippen MR) is 52.0 cm³/mol. The molecule has 2 nitrogen and oxygen atoms in total. The molecule has 0 aromatic rings. The molecule has 0 aliphatic heterocycles. The highest BCUT2D eigenvalue weighted by molar-refractivity contribution is 6.30. The average molecular weight is 186 g/mol. The Morgan fingerprint density at radius 1 is 1.58 bits per heavy atom. The molecule has 0 saturated heterocycles. The molecule has 0 atom stereocenters. The van der Waals surface area contributed by atoms with Crippen LogP contribution >= 0.6 is 11.6 Å². The van der Waals surface area contributed by atoms with Crippen molar-refractivity contribution in [1.82, 2.24) is 5.32 Å². The summed E-state index contributed by atoms with van der Waals surface area (Å²) in [6.45, 7) is 5.28. The fraction of sp³-hybridized carbons (Fsp3) is 0.222. The minimum absolute atomic E-state index is 0.389. The van der Waals surface area contributed by atoms with Crippen molar-refractivity contribution in [2.75, 3.05) is 7.05 Å². The van der Waals surface area contributed by atoms with E-state index in [0.717, 1.165) is 6.29 Å². The quantitative estimate of drug-likeness (QED) is 0.412. The molecule has 66 valence electrons. The lowest BCUT2D eigenvalue weighted by Crippen LogP contribution is -2.09. The van der Waals surface area contributed by atoms with Gasteiger partial charge in [0.05, 0.1) is 0 Å². The number of allylic oxidation sites excluding steroid dienone is 4. The Morgan fingerprint density at radius 3 is 2.42 bits per heavy atom. The molecule has 0 aromatic carbocycles. The SMILES string of the molecule is C=C(Cl)/C=C(/NC)C(C=O)=CC. The smallest absolute Gasteiger partial charge is 0.151 e. The summed E-state index contributed by atoms with van der Waals surface area (Å²) in [7, 11) is 1.72. The van der Waals surface area contributed by atoms with Crippen LogP contribution in [0.4, 0.5) is 0 Å². The van der Waals surface area contributed by atoms with Crippen molar-refractivity contribution in [2.45, 2.75) is 6.92 Å². The van der Waals surface area contributed by atoms with Crippen molar-refractivity contribution in [1.29, 1.82) is 0 Å². The van der Waals surface area contributed by atoms with Gasteiger partial charge in [-0.1, -0.05) is 24.3 Å². The average Bonchev–Trinajstić information content (AvgIpc) is 2.04. The summed E-state index contributed by atoms with van der Waals surface area (Å²) in [5.74, 6) is 0. The number of aldehydes is 1. The molecule has 3 heteroatoms. The molecule has 12 heavy (non-hydrogen) atoms. The molecule has 0 aliphatic carbocycles. The first-order valence-electron chi connectivity index (χ1n) is 3.51. The molecular formula is C9H12ClNO. The van der Waals surface area contributed by atoms with Gasteiger partial charge in [0.15, 0.2) is 6.29 Å². The maximum Gasteiger partial charge on any atom is 0.151 e. The van der Waals surface area contributed by atoms with Crippen molar-refractivity contribution in [3.05, 3.63) is 35.0 Å². The Morgan fingerprint density at radius 2 is 2.17 bits per heavy atom. The van der Waals surface area contributed by atoms with Crippen LogP contribution < -0.4 is 5.32 Å². The monoisotopic (exact) mass is 185 g/mol. The molecule has 0 bridgehead atoms. The first kappa shape index (κ1) is 11.0. The molecule has 0 aromatic heterocycles. The summed E-state index contributed by atoms with van der Waals surface area (Å²) in [6, 6.07) is 0. The van der Waals surface area contributed by atoms with E-state index in [1.807, 2.05) is 0 Å². The lowest BCUT2D eigenvalue weighted by molar-refractivity contribution is -0.104. The second-order valence-electron chi connectivity index (χ2n) is 2.12. The van der Waals surface area contributed by atoms with E-state index >= 15 is 0 Å². The number of hydrogen-bond acceptors (Lipinski definition) is 2. The number of carbonyl (C=O) groups excluding carboxylic acids is 1. The van der Waals surface area contributed by atoms with E-state index in [9.17, 15) is 4.79 Å². The van der Waals surface area contributed by atoms with Crippen molar-refractivity contribution >= 4 is 17.9 Å². The lowest BCUT2D eigenvalue weighted by Gasteiger charge is -2.04. The number of likely N-dealkylation sites (N-methyl/N-ethyl adjacent to an activating group) is 1. The van der Waals surface area contributed by atoms with Crippen molar-refractivity contribution in [2.24, 2.45) is 0 Å². The predicted octanol–water partition coefficient (Wildman–Crippen LogP) is 1.99. The summed E-state index contributed by atoms with van der Waals surface area (Å²) in [5, 5.41) is 3.24. The Hall–Kier alpha value is -1.02. The van der Waals surface area contributed by atoms with Gasteiger partial charge in [0.25, 0.3) is 0 Å². The number of nitrogens with one attached hydrogen (secondary N) is 1. The van der Waals surface area contributed by atoms with Gasteiger partial charge >= 0.3 is 0 Å². The highest BCUT2D eigenvalue weighted by Crippen LogP contribution is 2.08. The molecule has 1 N–H and O–H groups in total. The van der Waals surface area contributed by atoms with Crippen LogP contribution in [0.3, 0.4) is 0 Å². The van der Waals surface area contributed by atoms with Crippen LogP contribution in [0.2, 0.25) is 0 Å². The first-order valence-corrected chi connectivity index (χ1v) is 3.89. The molecular weight excluding hydrogens is 174 g/mol. The molecule has 0 spiro atoms. The van der Waals surface area contributed by atoms with Gasteiger partial charge in [-0.05, 0) is 13.0 Å². The van der Waals surface area contributed by atoms with Gasteiger partial charge in [-0.25, -0.2) is 0 Å². The summed E-state index contributed by atoms with van der Waals surface area (Å²) < 4.78 is 0. The summed E-state index contributed by atoms with van der Waals surface area (Å²) >= 11 is 5.56. The Labute approximate surface area is 77.6 Å². The van der Waals surface area contributed by atoms with Crippen LogP contribution in [-0.2, 0) is 4.79 Å². The van der Waals surface area contributed by atoms with Crippen LogP contribution in [-0.4, -0.2) is 13.3 Å².